The van der Waals surface area contributed by atoms with Crippen LogP contribution in [0.4, 0.5) is 0 Å². The third-order valence-corrected chi connectivity index (χ3v) is 4.93. The van der Waals surface area contributed by atoms with Crippen LogP contribution in [-0.2, 0) is 0 Å². The quantitative estimate of drug-likeness (QED) is 0.575. The first-order valence-electron chi connectivity index (χ1n) is 7.50. The summed E-state index contributed by atoms with van der Waals surface area (Å²) >= 11 is 0. The van der Waals surface area contributed by atoms with Gasteiger partial charge in [-0.3, -0.25) is 4.99 Å². The van der Waals surface area contributed by atoms with Gasteiger partial charge in [-0.25, -0.2) is 0 Å². The maximum absolute atomic E-state index is 6.21. The van der Waals surface area contributed by atoms with E-state index in [1.165, 1.54) is 51.4 Å². The standard InChI is InChI=1S/C15H28N2/c1-11-8-9-14(10-12(11)2)17-15(16)13-6-4-3-5-7-13/h11-14H,3-10H2,1-2H3,(H2,16,17). The molecule has 98 valence electrons. The lowest BCUT2D eigenvalue weighted by molar-refractivity contribution is 0.252. The number of aliphatic imine (C=N–C) groups is 1. The van der Waals surface area contributed by atoms with Gasteiger partial charge in [0.05, 0.1) is 11.9 Å². The van der Waals surface area contributed by atoms with Crippen LogP contribution < -0.4 is 5.73 Å². The van der Waals surface area contributed by atoms with Crippen LogP contribution in [0.5, 0.6) is 0 Å². The summed E-state index contributed by atoms with van der Waals surface area (Å²) in [4.78, 5) is 4.84. The normalized spacial score (nSPS) is 37.1. The van der Waals surface area contributed by atoms with Crippen molar-refractivity contribution in [3.63, 3.8) is 0 Å². The summed E-state index contributed by atoms with van der Waals surface area (Å²) in [5.41, 5.74) is 6.21. The average molecular weight is 236 g/mol. The van der Waals surface area contributed by atoms with Crippen LogP contribution in [0.3, 0.4) is 0 Å². The van der Waals surface area contributed by atoms with Crippen LogP contribution in [0, 0.1) is 17.8 Å². The van der Waals surface area contributed by atoms with Gasteiger partial charge in [0, 0.05) is 5.92 Å². The lowest BCUT2D eigenvalue weighted by atomic mass is 9.79. The Morgan fingerprint density at radius 3 is 2.29 bits per heavy atom. The van der Waals surface area contributed by atoms with Gasteiger partial charge in [-0.15, -0.1) is 0 Å². The molecular weight excluding hydrogens is 208 g/mol. The molecule has 0 aromatic heterocycles. The lowest BCUT2D eigenvalue weighted by Gasteiger charge is -2.31. The summed E-state index contributed by atoms with van der Waals surface area (Å²) in [7, 11) is 0. The zero-order valence-electron chi connectivity index (χ0n) is 11.5. The third-order valence-electron chi connectivity index (χ3n) is 4.93. The van der Waals surface area contributed by atoms with Crippen molar-refractivity contribution in [1.29, 1.82) is 0 Å². The van der Waals surface area contributed by atoms with Crippen molar-refractivity contribution in [2.24, 2.45) is 28.5 Å². The van der Waals surface area contributed by atoms with Gasteiger partial charge in [0.25, 0.3) is 0 Å². The Kier molecular flexibility index (Phi) is 4.47. The van der Waals surface area contributed by atoms with E-state index in [9.17, 15) is 0 Å². The smallest absolute Gasteiger partial charge is 0.0971 e. The minimum Gasteiger partial charge on any atom is -0.387 e. The van der Waals surface area contributed by atoms with Gasteiger partial charge in [-0.1, -0.05) is 33.1 Å². The molecule has 0 saturated heterocycles. The maximum atomic E-state index is 6.21. The van der Waals surface area contributed by atoms with Gasteiger partial charge >= 0.3 is 0 Å². The lowest BCUT2D eigenvalue weighted by Crippen LogP contribution is -2.30. The molecule has 0 bridgehead atoms. The van der Waals surface area contributed by atoms with Gasteiger partial charge in [0.1, 0.15) is 0 Å². The van der Waals surface area contributed by atoms with Crippen LogP contribution in [0.2, 0.25) is 0 Å². The third kappa shape index (κ3) is 3.46. The van der Waals surface area contributed by atoms with Crippen LogP contribution in [0.25, 0.3) is 0 Å². The van der Waals surface area contributed by atoms with E-state index in [1.807, 2.05) is 0 Å². The van der Waals surface area contributed by atoms with Crippen molar-refractivity contribution >= 4 is 5.84 Å². The molecule has 0 spiro atoms. The van der Waals surface area contributed by atoms with Crippen LogP contribution in [0.1, 0.15) is 65.2 Å². The number of nitrogens with two attached hydrogens (primary N) is 1. The molecule has 2 aliphatic rings. The zero-order valence-corrected chi connectivity index (χ0v) is 11.5. The number of hydrogen-bond donors (Lipinski definition) is 1. The summed E-state index contributed by atoms with van der Waals surface area (Å²) in [5, 5.41) is 0. The second-order valence-corrected chi connectivity index (χ2v) is 6.31. The monoisotopic (exact) mass is 236 g/mol. The number of amidine groups is 1. The maximum Gasteiger partial charge on any atom is 0.0971 e. The highest BCUT2D eigenvalue weighted by atomic mass is 14.9. The fourth-order valence-corrected chi connectivity index (χ4v) is 3.35. The Bertz CT molecular complexity index is 266. The summed E-state index contributed by atoms with van der Waals surface area (Å²) in [6.45, 7) is 4.73. The molecule has 3 atom stereocenters. The minimum absolute atomic E-state index is 0.517. The highest BCUT2D eigenvalue weighted by Crippen LogP contribution is 2.32. The van der Waals surface area contributed by atoms with E-state index in [1.54, 1.807) is 0 Å². The first-order chi connectivity index (χ1) is 8.16. The number of nitrogens with zero attached hydrogens (tertiary/aromatic N) is 1. The molecule has 2 nitrogen and oxygen atoms in total. The van der Waals surface area contributed by atoms with Gasteiger partial charge in [-0.2, -0.15) is 0 Å². The van der Waals surface area contributed by atoms with E-state index in [0.29, 0.717) is 12.0 Å². The molecule has 2 fully saturated rings. The van der Waals surface area contributed by atoms with E-state index in [2.05, 4.69) is 13.8 Å². The van der Waals surface area contributed by atoms with E-state index in [4.69, 9.17) is 10.7 Å². The molecule has 2 heteroatoms. The fourth-order valence-electron chi connectivity index (χ4n) is 3.35. The van der Waals surface area contributed by atoms with Crippen molar-refractivity contribution in [1.82, 2.24) is 0 Å². The molecule has 0 aliphatic heterocycles. The Balaban J connectivity index is 1.89. The van der Waals surface area contributed by atoms with Crippen molar-refractivity contribution < 1.29 is 0 Å². The summed E-state index contributed by atoms with van der Waals surface area (Å²) in [6, 6.07) is 0.517. The van der Waals surface area contributed by atoms with Crippen molar-refractivity contribution in [2.75, 3.05) is 0 Å². The first kappa shape index (κ1) is 12.9. The summed E-state index contributed by atoms with van der Waals surface area (Å²) in [5.74, 6) is 3.25. The highest BCUT2D eigenvalue weighted by molar-refractivity contribution is 5.83. The van der Waals surface area contributed by atoms with Gasteiger partial charge < -0.3 is 5.73 Å². The number of rotatable bonds is 2. The molecule has 3 unspecified atom stereocenters. The Hall–Kier alpha value is -0.530. The van der Waals surface area contributed by atoms with Crippen LogP contribution in [0.15, 0.2) is 4.99 Å². The van der Waals surface area contributed by atoms with Crippen LogP contribution in [-0.4, -0.2) is 11.9 Å². The summed E-state index contributed by atoms with van der Waals surface area (Å²) < 4.78 is 0. The second-order valence-electron chi connectivity index (χ2n) is 6.31. The van der Waals surface area contributed by atoms with E-state index in [0.717, 1.165) is 17.7 Å². The van der Waals surface area contributed by atoms with Crippen molar-refractivity contribution in [3.8, 4) is 0 Å². The van der Waals surface area contributed by atoms with E-state index < -0.39 is 0 Å². The van der Waals surface area contributed by atoms with Gasteiger partial charge in [0.2, 0.25) is 0 Å². The minimum atomic E-state index is 0.517. The Morgan fingerprint density at radius 2 is 1.65 bits per heavy atom. The molecule has 2 N–H and O–H groups in total. The van der Waals surface area contributed by atoms with Gasteiger partial charge in [0.15, 0.2) is 0 Å². The molecule has 0 aromatic carbocycles. The zero-order chi connectivity index (χ0) is 12.3. The molecule has 0 amide bonds. The molecule has 0 heterocycles. The van der Waals surface area contributed by atoms with Crippen LogP contribution >= 0.6 is 0 Å². The molecular formula is C15H28N2. The van der Waals surface area contributed by atoms with E-state index >= 15 is 0 Å². The summed E-state index contributed by atoms with van der Waals surface area (Å²) in [6.07, 6.45) is 10.4. The Labute approximate surface area is 106 Å². The SMILES string of the molecule is CC1CCC(N=C(N)C2CCCCC2)CC1C. The molecule has 2 rings (SSSR count). The molecule has 0 radical (unpaired) electrons. The number of hydrogen-bond acceptors (Lipinski definition) is 1. The Morgan fingerprint density at radius 1 is 0.941 bits per heavy atom. The fraction of sp³-hybridized carbons (Fsp3) is 0.933. The van der Waals surface area contributed by atoms with Gasteiger partial charge in [-0.05, 0) is 43.9 Å². The van der Waals surface area contributed by atoms with E-state index in [-0.39, 0.29) is 0 Å². The van der Waals surface area contributed by atoms with Crippen molar-refractivity contribution in [3.05, 3.63) is 0 Å². The molecule has 2 saturated carbocycles. The van der Waals surface area contributed by atoms with Crippen molar-refractivity contribution in [2.45, 2.75) is 71.3 Å². The largest absolute Gasteiger partial charge is 0.387 e. The average Bonchev–Trinajstić information content (AvgIpc) is 2.35. The predicted molar refractivity (Wildman–Crippen MR) is 74.2 cm³/mol. The predicted octanol–water partition coefficient (Wildman–Crippen LogP) is 3.75. The highest BCUT2D eigenvalue weighted by Gasteiger charge is 2.25. The first-order valence-corrected chi connectivity index (χ1v) is 7.50. The second kappa shape index (κ2) is 5.88. The molecule has 17 heavy (non-hydrogen) atoms. The topological polar surface area (TPSA) is 38.4 Å². The molecule has 0 aromatic rings. The molecule has 2 aliphatic carbocycles.